The van der Waals surface area contributed by atoms with Gasteiger partial charge in [0.05, 0.1) is 29.7 Å². The number of rotatable bonds is 12. The molecule has 9 nitrogen and oxygen atoms in total. The minimum absolute atomic E-state index is 0.000896. The Kier molecular flexibility index (Phi) is 10.1. The lowest BCUT2D eigenvalue weighted by Crippen LogP contribution is -2.60. The molecule has 0 unspecified atom stereocenters. The summed E-state index contributed by atoms with van der Waals surface area (Å²) >= 11 is 2.06. The van der Waals surface area contributed by atoms with E-state index in [0.29, 0.717) is 50.5 Å². The molecule has 246 valence electrons. The van der Waals surface area contributed by atoms with E-state index in [2.05, 4.69) is 27.9 Å². The zero-order chi connectivity index (χ0) is 32.4. The fourth-order valence-corrected chi connectivity index (χ4v) is 9.70. The summed E-state index contributed by atoms with van der Waals surface area (Å²) in [5.74, 6) is 2.28. The molecule has 7 rings (SSSR count). The molecule has 4 bridgehead atoms. The van der Waals surface area contributed by atoms with E-state index in [-0.39, 0.29) is 43.2 Å². The van der Waals surface area contributed by atoms with Crippen molar-refractivity contribution < 1.29 is 34.1 Å². The molecular formula is C36H43IN2O7. The van der Waals surface area contributed by atoms with E-state index in [0.717, 1.165) is 31.1 Å². The molecule has 3 atom stereocenters. The van der Waals surface area contributed by atoms with Crippen LogP contribution in [0, 0.1) is 26.7 Å². The van der Waals surface area contributed by atoms with Gasteiger partial charge in [-0.15, -0.1) is 0 Å². The average Bonchev–Trinajstić information content (AvgIpc) is 3.04. The number of carbonyl (C=O) groups excluding carboxylic acids is 3. The van der Waals surface area contributed by atoms with Gasteiger partial charge in [0, 0.05) is 30.6 Å². The predicted octanol–water partition coefficient (Wildman–Crippen LogP) is 4.32. The lowest BCUT2D eigenvalue weighted by Gasteiger charge is -2.58. The summed E-state index contributed by atoms with van der Waals surface area (Å²) in [4.78, 5) is 41.1. The highest BCUT2D eigenvalue weighted by Crippen LogP contribution is 2.60. The third kappa shape index (κ3) is 6.99. The number of hydrogen-bond acceptors (Lipinski definition) is 7. The normalized spacial score (nSPS) is 29.5. The molecule has 0 heterocycles. The number of aliphatic hydroxyl groups is 2. The number of aliphatic hydroxyl groups excluding tert-OH is 2. The maximum atomic E-state index is 14.4. The van der Waals surface area contributed by atoms with Crippen LogP contribution in [0.4, 0.5) is 0 Å². The van der Waals surface area contributed by atoms with Crippen molar-refractivity contribution in [1.82, 2.24) is 10.2 Å². The predicted molar refractivity (Wildman–Crippen MR) is 181 cm³/mol. The van der Waals surface area contributed by atoms with E-state index < -0.39 is 18.2 Å². The van der Waals surface area contributed by atoms with Crippen molar-refractivity contribution in [3.05, 3.63) is 68.8 Å². The van der Waals surface area contributed by atoms with Gasteiger partial charge in [0.2, 0.25) is 11.8 Å². The van der Waals surface area contributed by atoms with Gasteiger partial charge in [0.1, 0.15) is 18.5 Å². The molecule has 0 saturated heterocycles. The number of benzene rings is 2. The first-order valence-corrected chi connectivity index (χ1v) is 17.4. The molecule has 10 heteroatoms. The number of nitrogens with zero attached hydrogens (tertiary/aromatic N) is 1. The van der Waals surface area contributed by atoms with Crippen molar-refractivity contribution >= 4 is 40.7 Å². The first-order chi connectivity index (χ1) is 22.2. The Morgan fingerprint density at radius 1 is 1.09 bits per heavy atom. The second kappa shape index (κ2) is 14.0. The van der Waals surface area contributed by atoms with Gasteiger partial charge in [0.25, 0.3) is 0 Å². The molecule has 46 heavy (non-hydrogen) atoms. The third-order valence-corrected chi connectivity index (χ3v) is 11.2. The van der Waals surface area contributed by atoms with Crippen LogP contribution < -0.4 is 14.8 Å². The quantitative estimate of drug-likeness (QED) is 0.219. The molecule has 2 aromatic carbocycles. The zero-order valence-corrected chi connectivity index (χ0v) is 28.4. The van der Waals surface area contributed by atoms with Crippen LogP contribution in [0.3, 0.4) is 0 Å². The monoisotopic (exact) mass is 742 g/mol. The number of hydrogen-bond donors (Lipinski definition) is 3. The lowest BCUT2D eigenvalue weighted by molar-refractivity contribution is -0.146. The largest absolute Gasteiger partial charge is 0.493 e. The molecule has 2 amide bonds. The summed E-state index contributed by atoms with van der Waals surface area (Å²) < 4.78 is 12.6. The topological polar surface area (TPSA) is 125 Å². The Morgan fingerprint density at radius 2 is 1.76 bits per heavy atom. The third-order valence-electron chi connectivity index (χ3n) is 10.4. The van der Waals surface area contributed by atoms with E-state index in [1.165, 1.54) is 26.4 Å². The fourth-order valence-electron chi connectivity index (χ4n) is 8.95. The molecule has 0 aliphatic heterocycles. The Balaban J connectivity index is 1.36. The van der Waals surface area contributed by atoms with Crippen LogP contribution in [0.1, 0.15) is 60.9 Å². The molecular weight excluding hydrogens is 699 g/mol. The van der Waals surface area contributed by atoms with Gasteiger partial charge in [-0.1, -0.05) is 30.3 Å². The second-order valence-corrected chi connectivity index (χ2v) is 14.9. The highest BCUT2D eigenvalue weighted by molar-refractivity contribution is 14.1. The molecule has 5 aliphatic carbocycles. The minimum atomic E-state index is -1.14. The average molecular weight is 743 g/mol. The minimum Gasteiger partial charge on any atom is -0.493 e. The first kappa shape index (κ1) is 33.0. The van der Waals surface area contributed by atoms with Crippen molar-refractivity contribution in [1.29, 1.82) is 0 Å². The number of carbonyl (C=O) groups is 3. The number of halogens is 1. The summed E-state index contributed by atoms with van der Waals surface area (Å²) in [6, 6.07) is 12.2. The fraction of sp³-hybridized carbons (Fsp3) is 0.528. The number of nitrogens with one attached hydrogen (secondary N) is 1. The second-order valence-electron chi connectivity index (χ2n) is 13.8. The van der Waals surface area contributed by atoms with Gasteiger partial charge in [0.15, 0.2) is 11.5 Å². The SMILES string of the molecule is COc1cc(C=O)cc(I)c1O[C@H]1C=C(C(=O)NCCO)C[C@@H](N(CC23CC4CC(CC(C4)C2)C3)C(=O)Cc2ccccc2)[C@@H]1O. The first-order valence-electron chi connectivity index (χ1n) is 16.3. The Bertz CT molecular complexity index is 1440. The van der Waals surface area contributed by atoms with Crippen molar-refractivity contribution in [3.63, 3.8) is 0 Å². The van der Waals surface area contributed by atoms with Crippen LogP contribution in [-0.4, -0.2) is 78.3 Å². The van der Waals surface area contributed by atoms with E-state index in [4.69, 9.17) is 9.47 Å². The molecule has 4 fully saturated rings. The van der Waals surface area contributed by atoms with Gasteiger partial charge in [-0.25, -0.2) is 0 Å². The van der Waals surface area contributed by atoms with Crippen LogP contribution in [0.15, 0.2) is 54.1 Å². The Hall–Kier alpha value is -2.96. The van der Waals surface area contributed by atoms with Crippen LogP contribution in [0.25, 0.3) is 0 Å². The maximum absolute atomic E-state index is 14.4. The summed E-state index contributed by atoms with van der Waals surface area (Å²) in [6.45, 7) is 0.409. The molecule has 3 N–H and O–H groups in total. The maximum Gasteiger partial charge on any atom is 0.247 e. The van der Waals surface area contributed by atoms with Crippen molar-refractivity contribution in [2.45, 2.75) is 69.6 Å². The summed E-state index contributed by atoms with van der Waals surface area (Å²) in [5.41, 5.74) is 1.70. The number of amides is 2. The zero-order valence-electron chi connectivity index (χ0n) is 26.2. The smallest absolute Gasteiger partial charge is 0.247 e. The van der Waals surface area contributed by atoms with Gasteiger partial charge >= 0.3 is 0 Å². The van der Waals surface area contributed by atoms with Crippen molar-refractivity contribution in [2.75, 3.05) is 26.8 Å². The Morgan fingerprint density at radius 3 is 2.37 bits per heavy atom. The highest BCUT2D eigenvalue weighted by atomic mass is 127. The standard InChI is InChI=1S/C36H43IN2O7/c1-45-31-13-26(20-41)12-28(37)34(31)46-30-16-27(35(44)38-7-8-40)15-29(33(30)43)39(32(42)14-22-5-3-2-4-6-22)21-36-17-23-9-24(18-36)11-25(10-23)19-36/h2-6,12-13,16,20,23-25,29-30,33,40,43H,7-11,14-15,17-19,21H2,1H3,(H,38,44)/t23?,24?,25?,29-,30+,33+,36?/m1/s1. The van der Waals surface area contributed by atoms with Gasteiger partial charge in [-0.3, -0.25) is 14.4 Å². The van der Waals surface area contributed by atoms with Gasteiger partial charge < -0.3 is 29.9 Å². The number of aldehydes is 1. The van der Waals surface area contributed by atoms with Crippen LogP contribution in [0.2, 0.25) is 0 Å². The van der Waals surface area contributed by atoms with E-state index in [1.54, 1.807) is 18.2 Å². The van der Waals surface area contributed by atoms with Gasteiger partial charge in [-0.2, -0.15) is 0 Å². The van der Waals surface area contributed by atoms with Crippen molar-refractivity contribution in [3.8, 4) is 11.5 Å². The highest BCUT2D eigenvalue weighted by Gasteiger charge is 2.53. The summed E-state index contributed by atoms with van der Waals surface area (Å²) in [7, 11) is 1.48. The lowest BCUT2D eigenvalue weighted by atomic mass is 9.49. The van der Waals surface area contributed by atoms with Crippen LogP contribution in [-0.2, 0) is 16.0 Å². The molecule has 0 aromatic heterocycles. The van der Waals surface area contributed by atoms with E-state index in [9.17, 15) is 24.6 Å². The number of methoxy groups -OCH3 is 1. The van der Waals surface area contributed by atoms with Crippen LogP contribution in [0.5, 0.6) is 11.5 Å². The molecule has 2 aromatic rings. The number of ether oxygens (including phenoxy) is 2. The molecule has 0 spiro atoms. The molecule has 4 saturated carbocycles. The van der Waals surface area contributed by atoms with Crippen LogP contribution >= 0.6 is 22.6 Å². The Labute approximate surface area is 283 Å². The molecule has 0 radical (unpaired) electrons. The van der Waals surface area contributed by atoms with Gasteiger partial charge in [-0.05, 0) is 108 Å². The van der Waals surface area contributed by atoms with E-state index >= 15 is 0 Å². The van der Waals surface area contributed by atoms with Crippen molar-refractivity contribution in [2.24, 2.45) is 23.2 Å². The van der Waals surface area contributed by atoms with E-state index in [1.807, 2.05) is 35.2 Å². The summed E-state index contributed by atoms with van der Waals surface area (Å²) in [6.07, 6.45) is 7.67. The summed E-state index contributed by atoms with van der Waals surface area (Å²) in [5, 5.41) is 24.2. The molecule has 5 aliphatic rings.